The minimum absolute atomic E-state index is 0.0100. The van der Waals surface area contributed by atoms with Crippen molar-refractivity contribution in [2.45, 2.75) is 23.2 Å². The van der Waals surface area contributed by atoms with Gasteiger partial charge in [0.05, 0.1) is 33.8 Å². The highest BCUT2D eigenvalue weighted by Crippen LogP contribution is 2.40. The van der Waals surface area contributed by atoms with Crippen LogP contribution in [0.3, 0.4) is 0 Å². The third kappa shape index (κ3) is 4.01. The largest absolute Gasteiger partial charge is 0.355 e. The van der Waals surface area contributed by atoms with Gasteiger partial charge in [-0.05, 0) is 24.3 Å². The molecule has 1 N–H and O–H groups in total. The van der Waals surface area contributed by atoms with Gasteiger partial charge in [-0.25, -0.2) is 17.6 Å². The molecule has 0 saturated carbocycles. The Morgan fingerprint density at radius 2 is 1.77 bits per heavy atom. The molecule has 166 valence electrons. The number of alkyl halides is 1. The summed E-state index contributed by atoms with van der Waals surface area (Å²) in [6, 6.07) is 12.1. The molecule has 4 rings (SSSR count). The number of carbonyl (C=O) groups is 1. The minimum atomic E-state index is -3.96. The van der Waals surface area contributed by atoms with E-state index in [4.69, 9.17) is 27.9 Å². The zero-order valence-electron chi connectivity index (χ0n) is 16.3. The van der Waals surface area contributed by atoms with Gasteiger partial charge in [-0.3, -0.25) is 0 Å². The van der Waals surface area contributed by atoms with Crippen molar-refractivity contribution in [3.8, 4) is 0 Å². The van der Waals surface area contributed by atoms with Crippen LogP contribution in [0.2, 0.25) is 10.0 Å². The molecule has 2 aliphatic heterocycles. The SMILES string of the molecule is O=C(Nc1c(Cl)cccc1Cl)N1CCC2(OCCN2S(=O)(=O)c2ccccc2)C(F)C1. The van der Waals surface area contributed by atoms with E-state index >= 15 is 4.39 Å². The van der Waals surface area contributed by atoms with E-state index in [0.29, 0.717) is 0 Å². The minimum Gasteiger partial charge on any atom is -0.355 e. The molecular weight excluding hydrogens is 468 g/mol. The van der Waals surface area contributed by atoms with Crippen LogP contribution in [-0.2, 0) is 14.8 Å². The number of sulfonamides is 1. The lowest BCUT2D eigenvalue weighted by Gasteiger charge is -2.44. The predicted molar refractivity (Wildman–Crippen MR) is 116 cm³/mol. The summed E-state index contributed by atoms with van der Waals surface area (Å²) in [6.45, 7) is -0.128. The standard InChI is InChI=1S/C20H20Cl2FN3O4S/c21-15-7-4-8-16(22)18(15)24-19(27)25-10-9-20(17(23)13-25)26(11-12-30-20)31(28,29)14-5-2-1-3-6-14/h1-8,17H,9-13H2,(H,24,27). The maximum atomic E-state index is 15.4. The molecule has 2 atom stereocenters. The lowest BCUT2D eigenvalue weighted by molar-refractivity contribution is -0.134. The Labute approximate surface area is 189 Å². The molecule has 2 aliphatic rings. The summed E-state index contributed by atoms with van der Waals surface area (Å²) in [4.78, 5) is 14.0. The summed E-state index contributed by atoms with van der Waals surface area (Å²) in [5.74, 6) is 0. The molecule has 31 heavy (non-hydrogen) atoms. The first-order chi connectivity index (χ1) is 14.8. The van der Waals surface area contributed by atoms with E-state index in [0.717, 1.165) is 4.31 Å². The Hall–Kier alpha value is -1.91. The molecule has 11 heteroatoms. The van der Waals surface area contributed by atoms with Gasteiger partial charge >= 0.3 is 6.03 Å². The average Bonchev–Trinajstić information content (AvgIpc) is 3.19. The number of urea groups is 1. The Morgan fingerprint density at radius 1 is 1.10 bits per heavy atom. The number of likely N-dealkylation sites (tertiary alicyclic amines) is 1. The van der Waals surface area contributed by atoms with Crippen LogP contribution in [-0.4, -0.2) is 61.8 Å². The molecule has 2 fully saturated rings. The van der Waals surface area contributed by atoms with Crippen molar-refractivity contribution >= 4 is 44.9 Å². The number of hydrogen-bond donors (Lipinski definition) is 1. The number of ether oxygens (including phenoxy) is 1. The number of hydrogen-bond acceptors (Lipinski definition) is 4. The molecule has 1 spiro atoms. The van der Waals surface area contributed by atoms with Crippen LogP contribution in [0.5, 0.6) is 0 Å². The second-order valence-electron chi connectivity index (χ2n) is 7.27. The topological polar surface area (TPSA) is 79.0 Å². The van der Waals surface area contributed by atoms with Crippen molar-refractivity contribution in [1.29, 1.82) is 0 Å². The number of benzene rings is 2. The Kier molecular flexibility index (Phi) is 6.15. The van der Waals surface area contributed by atoms with Crippen molar-refractivity contribution in [1.82, 2.24) is 9.21 Å². The van der Waals surface area contributed by atoms with E-state index in [1.807, 2.05) is 0 Å². The molecule has 2 heterocycles. The number of piperidine rings is 1. The first-order valence-electron chi connectivity index (χ1n) is 9.61. The van der Waals surface area contributed by atoms with Gasteiger partial charge in [0.1, 0.15) is 0 Å². The molecule has 0 aliphatic carbocycles. The zero-order chi connectivity index (χ0) is 22.2. The second kappa shape index (κ2) is 8.55. The molecule has 0 radical (unpaired) electrons. The fraction of sp³-hybridized carbons (Fsp3) is 0.350. The van der Waals surface area contributed by atoms with Gasteiger partial charge in [-0.2, -0.15) is 4.31 Å². The number of para-hydroxylation sites is 1. The maximum absolute atomic E-state index is 15.4. The van der Waals surface area contributed by atoms with Gasteiger partial charge in [-0.1, -0.05) is 47.5 Å². The van der Waals surface area contributed by atoms with Crippen LogP contribution < -0.4 is 5.32 Å². The maximum Gasteiger partial charge on any atom is 0.322 e. The number of halogens is 3. The third-order valence-electron chi connectivity index (χ3n) is 5.49. The summed E-state index contributed by atoms with van der Waals surface area (Å²) in [5, 5.41) is 3.11. The van der Waals surface area contributed by atoms with Crippen molar-refractivity contribution in [2.24, 2.45) is 0 Å². The highest BCUT2D eigenvalue weighted by atomic mass is 35.5. The van der Waals surface area contributed by atoms with Gasteiger partial charge in [0, 0.05) is 19.5 Å². The number of rotatable bonds is 3. The van der Waals surface area contributed by atoms with Gasteiger partial charge in [0.25, 0.3) is 0 Å². The first-order valence-corrected chi connectivity index (χ1v) is 11.8. The van der Waals surface area contributed by atoms with Gasteiger partial charge in [0.15, 0.2) is 11.9 Å². The molecule has 2 saturated heterocycles. The molecular formula is C20H20Cl2FN3O4S. The fourth-order valence-corrected chi connectivity index (χ4v) is 6.15. The molecule has 7 nitrogen and oxygen atoms in total. The summed E-state index contributed by atoms with van der Waals surface area (Å²) in [6.07, 6.45) is -1.75. The number of nitrogens with zero attached hydrogens (tertiary/aromatic N) is 2. The summed E-state index contributed by atoms with van der Waals surface area (Å²) in [5.41, 5.74) is -1.41. The van der Waals surface area contributed by atoms with Crippen LogP contribution in [0, 0.1) is 0 Å². The van der Waals surface area contributed by atoms with Gasteiger partial charge in [-0.15, -0.1) is 0 Å². The zero-order valence-corrected chi connectivity index (χ0v) is 18.6. The van der Waals surface area contributed by atoms with Crippen molar-refractivity contribution < 1.29 is 22.3 Å². The molecule has 2 aromatic rings. The van der Waals surface area contributed by atoms with E-state index in [-0.39, 0.29) is 53.3 Å². The van der Waals surface area contributed by atoms with Crippen LogP contribution in [0.15, 0.2) is 53.4 Å². The molecule has 0 aromatic heterocycles. The fourth-order valence-electron chi connectivity index (χ4n) is 3.92. The highest BCUT2D eigenvalue weighted by molar-refractivity contribution is 7.89. The summed E-state index contributed by atoms with van der Waals surface area (Å²) in [7, 11) is -3.96. The Balaban J connectivity index is 1.52. The third-order valence-corrected chi connectivity index (χ3v) is 8.06. The lowest BCUT2D eigenvalue weighted by atomic mass is 9.99. The van der Waals surface area contributed by atoms with E-state index in [9.17, 15) is 13.2 Å². The van der Waals surface area contributed by atoms with Gasteiger partial charge in [0.2, 0.25) is 10.0 Å². The Bertz CT molecular complexity index is 1070. The van der Waals surface area contributed by atoms with Crippen LogP contribution in [0.1, 0.15) is 6.42 Å². The average molecular weight is 488 g/mol. The molecule has 2 aromatic carbocycles. The molecule has 0 bridgehead atoms. The van der Waals surface area contributed by atoms with E-state index < -0.39 is 28.0 Å². The monoisotopic (exact) mass is 487 g/mol. The number of carbonyl (C=O) groups excluding carboxylic acids is 1. The van der Waals surface area contributed by atoms with E-state index in [1.54, 1.807) is 36.4 Å². The second-order valence-corrected chi connectivity index (χ2v) is 9.95. The number of anilines is 1. The smallest absolute Gasteiger partial charge is 0.322 e. The highest BCUT2D eigenvalue weighted by Gasteiger charge is 2.57. The summed E-state index contributed by atoms with van der Waals surface area (Å²) < 4.78 is 48.5. The molecule has 2 unspecified atom stereocenters. The van der Waals surface area contributed by atoms with Crippen LogP contribution in [0.4, 0.5) is 14.9 Å². The van der Waals surface area contributed by atoms with Crippen molar-refractivity contribution in [2.75, 3.05) is 31.6 Å². The predicted octanol–water partition coefficient (Wildman–Crippen LogP) is 3.99. The van der Waals surface area contributed by atoms with Crippen molar-refractivity contribution in [3.05, 3.63) is 58.6 Å². The molecule has 2 amide bonds. The Morgan fingerprint density at radius 3 is 2.42 bits per heavy atom. The number of amides is 2. The van der Waals surface area contributed by atoms with E-state index in [2.05, 4.69) is 5.32 Å². The van der Waals surface area contributed by atoms with Crippen LogP contribution in [0.25, 0.3) is 0 Å². The summed E-state index contributed by atoms with van der Waals surface area (Å²) >= 11 is 12.2. The van der Waals surface area contributed by atoms with Crippen molar-refractivity contribution in [3.63, 3.8) is 0 Å². The van der Waals surface area contributed by atoms with E-state index in [1.165, 1.54) is 17.0 Å². The van der Waals surface area contributed by atoms with Crippen LogP contribution >= 0.6 is 23.2 Å². The quantitative estimate of drug-likeness (QED) is 0.709. The number of nitrogens with one attached hydrogen (secondary N) is 1. The normalized spacial score (nSPS) is 24.5. The lowest BCUT2D eigenvalue weighted by Crippen LogP contribution is -2.63. The first kappa shape index (κ1) is 22.3. The van der Waals surface area contributed by atoms with Gasteiger partial charge < -0.3 is 15.0 Å².